The second kappa shape index (κ2) is 4.74. The van der Waals surface area contributed by atoms with Crippen LogP contribution < -0.4 is 10.6 Å². The number of hydrogen-bond acceptors (Lipinski definition) is 2. The van der Waals surface area contributed by atoms with Crippen molar-refractivity contribution in [3.8, 4) is 0 Å². The van der Waals surface area contributed by atoms with Crippen LogP contribution in [0, 0.1) is 11.3 Å². The van der Waals surface area contributed by atoms with E-state index in [4.69, 9.17) is 0 Å². The zero-order valence-electron chi connectivity index (χ0n) is 11.3. The minimum absolute atomic E-state index is 0.0856. The largest absolute Gasteiger partial charge is 0.354 e. The van der Waals surface area contributed by atoms with Gasteiger partial charge in [-0.25, -0.2) is 0 Å². The summed E-state index contributed by atoms with van der Waals surface area (Å²) in [6.45, 7) is 9.09. The molecule has 0 saturated heterocycles. The SMILES string of the molecule is CNC(C)(C)C(=O)NCC(C)(C)C1CCC1. The van der Waals surface area contributed by atoms with Crippen molar-refractivity contribution in [2.45, 2.75) is 52.5 Å². The molecule has 1 fully saturated rings. The molecule has 3 heteroatoms. The van der Waals surface area contributed by atoms with Crippen LogP contribution in [0.1, 0.15) is 47.0 Å². The molecular weight excluding hydrogens is 200 g/mol. The molecule has 16 heavy (non-hydrogen) atoms. The Labute approximate surface area is 99.4 Å². The maximum atomic E-state index is 11.9. The van der Waals surface area contributed by atoms with Gasteiger partial charge in [0.05, 0.1) is 5.54 Å². The predicted octanol–water partition coefficient (Wildman–Crippen LogP) is 1.93. The molecule has 1 aliphatic rings. The van der Waals surface area contributed by atoms with Gasteiger partial charge in [-0.15, -0.1) is 0 Å². The molecule has 0 aromatic rings. The van der Waals surface area contributed by atoms with E-state index in [1.165, 1.54) is 19.3 Å². The predicted molar refractivity (Wildman–Crippen MR) is 67.3 cm³/mol. The van der Waals surface area contributed by atoms with E-state index in [1.807, 2.05) is 20.9 Å². The van der Waals surface area contributed by atoms with E-state index in [0.29, 0.717) is 0 Å². The molecular formula is C13H26N2O. The quantitative estimate of drug-likeness (QED) is 0.752. The van der Waals surface area contributed by atoms with Crippen molar-refractivity contribution in [1.29, 1.82) is 0 Å². The maximum absolute atomic E-state index is 11.9. The van der Waals surface area contributed by atoms with Gasteiger partial charge in [0.2, 0.25) is 5.91 Å². The van der Waals surface area contributed by atoms with Gasteiger partial charge in [-0.2, -0.15) is 0 Å². The van der Waals surface area contributed by atoms with Gasteiger partial charge in [0.1, 0.15) is 0 Å². The molecule has 1 amide bonds. The lowest BCUT2D eigenvalue weighted by Crippen LogP contribution is -2.53. The van der Waals surface area contributed by atoms with Gasteiger partial charge in [-0.05, 0) is 45.1 Å². The summed E-state index contributed by atoms with van der Waals surface area (Å²) in [7, 11) is 1.82. The van der Waals surface area contributed by atoms with Crippen molar-refractivity contribution >= 4 is 5.91 Å². The molecule has 1 aliphatic carbocycles. The van der Waals surface area contributed by atoms with Gasteiger partial charge >= 0.3 is 0 Å². The van der Waals surface area contributed by atoms with Gasteiger partial charge in [-0.3, -0.25) is 4.79 Å². The molecule has 0 atom stereocenters. The van der Waals surface area contributed by atoms with Crippen LogP contribution >= 0.6 is 0 Å². The highest BCUT2D eigenvalue weighted by atomic mass is 16.2. The van der Waals surface area contributed by atoms with E-state index in [0.717, 1.165) is 12.5 Å². The summed E-state index contributed by atoms with van der Waals surface area (Å²) in [5, 5.41) is 6.08. The summed E-state index contributed by atoms with van der Waals surface area (Å²) in [5.41, 5.74) is -0.243. The Morgan fingerprint density at radius 2 is 1.81 bits per heavy atom. The number of likely N-dealkylation sites (N-methyl/N-ethyl adjacent to an activating group) is 1. The van der Waals surface area contributed by atoms with Crippen molar-refractivity contribution in [3.63, 3.8) is 0 Å². The van der Waals surface area contributed by atoms with E-state index in [2.05, 4.69) is 24.5 Å². The van der Waals surface area contributed by atoms with Gasteiger partial charge in [0.15, 0.2) is 0 Å². The molecule has 0 aromatic carbocycles. The number of nitrogens with one attached hydrogen (secondary N) is 2. The number of carbonyl (C=O) groups excluding carboxylic acids is 1. The first-order valence-corrected chi connectivity index (χ1v) is 6.27. The zero-order valence-corrected chi connectivity index (χ0v) is 11.3. The summed E-state index contributed by atoms with van der Waals surface area (Å²) in [5.74, 6) is 0.868. The summed E-state index contributed by atoms with van der Waals surface area (Å²) in [6.07, 6.45) is 3.99. The summed E-state index contributed by atoms with van der Waals surface area (Å²) in [4.78, 5) is 11.9. The van der Waals surface area contributed by atoms with Crippen LogP contribution in [0.5, 0.6) is 0 Å². The van der Waals surface area contributed by atoms with Gasteiger partial charge in [-0.1, -0.05) is 20.3 Å². The number of hydrogen-bond donors (Lipinski definition) is 2. The molecule has 94 valence electrons. The summed E-state index contributed by atoms with van der Waals surface area (Å²) < 4.78 is 0. The molecule has 0 unspecified atom stereocenters. The zero-order chi connectivity index (χ0) is 12.4. The third-order valence-electron chi connectivity index (χ3n) is 4.11. The van der Waals surface area contributed by atoms with Gasteiger partial charge in [0, 0.05) is 6.54 Å². The van der Waals surface area contributed by atoms with Crippen molar-refractivity contribution in [1.82, 2.24) is 10.6 Å². The summed E-state index contributed by atoms with van der Waals surface area (Å²) in [6, 6.07) is 0. The minimum atomic E-state index is -0.476. The molecule has 3 nitrogen and oxygen atoms in total. The van der Waals surface area contributed by atoms with Crippen LogP contribution in [0.25, 0.3) is 0 Å². The maximum Gasteiger partial charge on any atom is 0.239 e. The first-order chi connectivity index (χ1) is 7.29. The van der Waals surface area contributed by atoms with E-state index in [-0.39, 0.29) is 11.3 Å². The highest BCUT2D eigenvalue weighted by Crippen LogP contribution is 2.41. The van der Waals surface area contributed by atoms with Crippen LogP contribution in [0.3, 0.4) is 0 Å². The Hall–Kier alpha value is -0.570. The van der Waals surface area contributed by atoms with E-state index >= 15 is 0 Å². The molecule has 0 aliphatic heterocycles. The van der Waals surface area contributed by atoms with Crippen LogP contribution in [-0.2, 0) is 4.79 Å². The number of amides is 1. The lowest BCUT2D eigenvalue weighted by Gasteiger charge is -2.41. The molecule has 1 saturated carbocycles. The Kier molecular flexibility index (Phi) is 4.00. The van der Waals surface area contributed by atoms with Crippen LogP contribution in [0.15, 0.2) is 0 Å². The lowest BCUT2D eigenvalue weighted by atomic mass is 9.67. The molecule has 0 aromatic heterocycles. The average molecular weight is 226 g/mol. The molecule has 0 spiro atoms. The third kappa shape index (κ3) is 2.97. The van der Waals surface area contributed by atoms with Crippen molar-refractivity contribution in [2.24, 2.45) is 11.3 Å². The first-order valence-electron chi connectivity index (χ1n) is 6.27. The monoisotopic (exact) mass is 226 g/mol. The Morgan fingerprint density at radius 3 is 2.19 bits per heavy atom. The van der Waals surface area contributed by atoms with Crippen LogP contribution in [-0.4, -0.2) is 25.0 Å². The molecule has 0 heterocycles. The fourth-order valence-electron chi connectivity index (χ4n) is 1.98. The highest BCUT2D eigenvalue weighted by molar-refractivity contribution is 5.85. The molecule has 1 rings (SSSR count). The molecule has 2 N–H and O–H groups in total. The fraction of sp³-hybridized carbons (Fsp3) is 0.923. The van der Waals surface area contributed by atoms with Gasteiger partial charge in [0.25, 0.3) is 0 Å². The summed E-state index contributed by atoms with van der Waals surface area (Å²) >= 11 is 0. The molecule has 0 bridgehead atoms. The smallest absolute Gasteiger partial charge is 0.239 e. The standard InChI is InChI=1S/C13H26N2O/c1-12(2,10-7-6-8-10)9-15-11(16)13(3,4)14-5/h10,14H,6-9H2,1-5H3,(H,15,16). The average Bonchev–Trinajstić information content (AvgIpc) is 2.10. The van der Waals surface area contributed by atoms with Crippen molar-refractivity contribution < 1.29 is 4.79 Å². The topological polar surface area (TPSA) is 41.1 Å². The second-order valence-corrected chi connectivity index (χ2v) is 6.17. The Bertz CT molecular complexity index is 255. The second-order valence-electron chi connectivity index (χ2n) is 6.17. The molecule has 0 radical (unpaired) electrons. The van der Waals surface area contributed by atoms with E-state index in [1.54, 1.807) is 0 Å². The van der Waals surface area contributed by atoms with Gasteiger partial charge < -0.3 is 10.6 Å². The van der Waals surface area contributed by atoms with Crippen LogP contribution in [0.2, 0.25) is 0 Å². The fourth-order valence-corrected chi connectivity index (χ4v) is 1.98. The number of carbonyl (C=O) groups is 1. The van der Waals surface area contributed by atoms with Crippen LogP contribution in [0.4, 0.5) is 0 Å². The minimum Gasteiger partial charge on any atom is -0.354 e. The lowest BCUT2D eigenvalue weighted by molar-refractivity contribution is -0.127. The van der Waals surface area contributed by atoms with Crippen molar-refractivity contribution in [3.05, 3.63) is 0 Å². The Balaban J connectivity index is 2.41. The van der Waals surface area contributed by atoms with E-state index in [9.17, 15) is 4.79 Å². The van der Waals surface area contributed by atoms with Crippen molar-refractivity contribution in [2.75, 3.05) is 13.6 Å². The first kappa shape index (κ1) is 13.5. The number of rotatable bonds is 5. The highest BCUT2D eigenvalue weighted by Gasteiger charge is 2.35. The Morgan fingerprint density at radius 1 is 1.25 bits per heavy atom. The third-order valence-corrected chi connectivity index (χ3v) is 4.11. The van der Waals surface area contributed by atoms with E-state index < -0.39 is 5.54 Å². The normalized spacial score (nSPS) is 18.1.